The second-order valence-corrected chi connectivity index (χ2v) is 8.74. The Labute approximate surface area is 162 Å². The monoisotopic (exact) mass is 446 g/mol. The fraction of sp³-hybridized carbons (Fsp3) is 0.294. The molecule has 1 atom stereocenters. The molecule has 25 heavy (non-hydrogen) atoms. The van der Waals surface area contributed by atoms with Crippen LogP contribution in [-0.4, -0.2) is 41.1 Å². The minimum Gasteiger partial charge on any atom is -0.494 e. The second-order valence-electron chi connectivity index (χ2n) is 5.77. The minimum absolute atomic E-state index is 0.00550. The van der Waals surface area contributed by atoms with Crippen LogP contribution < -0.4 is 9.46 Å². The Morgan fingerprint density at radius 3 is 2.44 bits per heavy atom. The van der Waals surface area contributed by atoms with Gasteiger partial charge in [-0.25, -0.2) is 13.1 Å². The summed E-state index contributed by atoms with van der Waals surface area (Å²) in [5.41, 5.74) is 0.875. The lowest BCUT2D eigenvalue weighted by molar-refractivity contribution is 0.362. The lowest BCUT2D eigenvalue weighted by Gasteiger charge is -2.23. The zero-order chi connectivity index (χ0) is 18.6. The van der Waals surface area contributed by atoms with Crippen LogP contribution in [-0.2, 0) is 10.0 Å². The van der Waals surface area contributed by atoms with E-state index in [2.05, 4.69) is 20.7 Å². The second kappa shape index (κ2) is 8.51. The summed E-state index contributed by atoms with van der Waals surface area (Å²) in [6, 6.07) is 12.0. The van der Waals surface area contributed by atoms with E-state index in [1.165, 1.54) is 13.2 Å². The summed E-state index contributed by atoms with van der Waals surface area (Å²) < 4.78 is 34.5. The quantitative estimate of drug-likeness (QED) is 0.703. The summed E-state index contributed by atoms with van der Waals surface area (Å²) in [6.45, 7) is 0.507. The van der Waals surface area contributed by atoms with E-state index < -0.39 is 16.1 Å². The third-order valence-electron chi connectivity index (χ3n) is 3.52. The number of methoxy groups -OCH3 is 1. The zero-order valence-electron chi connectivity index (χ0n) is 14.2. The minimum atomic E-state index is -3.86. The lowest BCUT2D eigenvalue weighted by Crippen LogP contribution is -2.35. The van der Waals surface area contributed by atoms with Crippen molar-refractivity contribution in [3.63, 3.8) is 0 Å². The van der Waals surface area contributed by atoms with Crippen molar-refractivity contribution in [1.29, 1.82) is 0 Å². The van der Waals surface area contributed by atoms with Crippen LogP contribution in [0.1, 0.15) is 11.6 Å². The number of hydrogen-bond acceptors (Lipinski definition) is 4. The van der Waals surface area contributed by atoms with Crippen LogP contribution in [0.3, 0.4) is 0 Å². The highest BCUT2D eigenvalue weighted by molar-refractivity contribution is 9.10. The van der Waals surface area contributed by atoms with Gasteiger partial charge in [-0.05, 0) is 47.7 Å². The smallest absolute Gasteiger partial charge is 0.244 e. The average molecular weight is 448 g/mol. The van der Waals surface area contributed by atoms with Crippen LogP contribution in [0.4, 0.5) is 0 Å². The summed E-state index contributed by atoms with van der Waals surface area (Å²) in [7, 11) is 1.34. The van der Waals surface area contributed by atoms with Crippen LogP contribution >= 0.6 is 27.5 Å². The molecule has 8 heteroatoms. The highest BCUT2D eigenvalue weighted by Crippen LogP contribution is 2.35. The van der Waals surface area contributed by atoms with Gasteiger partial charge >= 0.3 is 0 Å². The van der Waals surface area contributed by atoms with Gasteiger partial charge in [-0.3, -0.25) is 0 Å². The molecule has 0 unspecified atom stereocenters. The Kier molecular flexibility index (Phi) is 6.87. The van der Waals surface area contributed by atoms with E-state index in [-0.39, 0.29) is 10.6 Å². The maximum atomic E-state index is 13.0. The van der Waals surface area contributed by atoms with E-state index >= 15 is 0 Å². The molecule has 0 aromatic heterocycles. The molecule has 0 bridgehead atoms. The normalized spacial score (nSPS) is 13.0. The van der Waals surface area contributed by atoms with Gasteiger partial charge in [-0.2, -0.15) is 0 Å². The van der Waals surface area contributed by atoms with Gasteiger partial charge in [0.25, 0.3) is 0 Å². The van der Waals surface area contributed by atoms with Crippen LogP contribution in [0.25, 0.3) is 0 Å². The van der Waals surface area contributed by atoms with Crippen LogP contribution in [0.5, 0.6) is 5.75 Å². The Balaban J connectivity index is 2.45. The van der Waals surface area contributed by atoms with Crippen LogP contribution in [0.2, 0.25) is 5.02 Å². The number of likely N-dealkylation sites (N-methyl/N-ethyl adjacent to an activating group) is 1. The number of sulfonamides is 1. The molecule has 5 nitrogen and oxygen atoms in total. The van der Waals surface area contributed by atoms with Gasteiger partial charge in [0, 0.05) is 11.6 Å². The van der Waals surface area contributed by atoms with Gasteiger partial charge in [-0.1, -0.05) is 41.9 Å². The van der Waals surface area contributed by atoms with Gasteiger partial charge in [0.1, 0.15) is 4.90 Å². The van der Waals surface area contributed by atoms with E-state index in [1.807, 2.05) is 49.3 Å². The van der Waals surface area contributed by atoms with Crippen molar-refractivity contribution >= 4 is 37.6 Å². The number of nitrogens with one attached hydrogen (secondary N) is 1. The van der Waals surface area contributed by atoms with E-state index in [0.717, 1.165) is 5.56 Å². The van der Waals surface area contributed by atoms with Gasteiger partial charge in [0.2, 0.25) is 10.0 Å². The Morgan fingerprint density at radius 2 is 1.88 bits per heavy atom. The van der Waals surface area contributed by atoms with E-state index in [9.17, 15) is 8.42 Å². The molecular weight excluding hydrogens is 428 g/mol. The van der Waals surface area contributed by atoms with Gasteiger partial charge in [0.05, 0.1) is 17.6 Å². The highest BCUT2D eigenvalue weighted by Gasteiger charge is 2.26. The molecule has 0 aliphatic rings. The first-order valence-electron chi connectivity index (χ1n) is 7.49. The number of nitrogens with zero attached hydrogens (tertiary/aromatic N) is 1. The molecule has 0 amide bonds. The molecule has 136 valence electrons. The van der Waals surface area contributed by atoms with Crippen molar-refractivity contribution in [2.75, 3.05) is 27.7 Å². The summed E-state index contributed by atoms with van der Waals surface area (Å²) in [5, 5.41) is 0.303. The van der Waals surface area contributed by atoms with Crippen LogP contribution in [0, 0.1) is 0 Å². The predicted molar refractivity (Wildman–Crippen MR) is 104 cm³/mol. The van der Waals surface area contributed by atoms with E-state index in [0.29, 0.717) is 16.0 Å². The number of benzene rings is 2. The molecule has 0 fully saturated rings. The third-order valence-corrected chi connectivity index (χ3v) is 5.80. The fourth-order valence-electron chi connectivity index (χ4n) is 2.45. The zero-order valence-corrected chi connectivity index (χ0v) is 17.3. The first-order chi connectivity index (χ1) is 11.7. The summed E-state index contributed by atoms with van der Waals surface area (Å²) in [6.07, 6.45) is 0. The number of hydrogen-bond donors (Lipinski definition) is 1. The van der Waals surface area contributed by atoms with Crippen molar-refractivity contribution in [2.24, 2.45) is 0 Å². The molecule has 0 aliphatic heterocycles. The standard InChI is InChI=1S/C17H20BrClN2O3S/c1-21(2)11-15(12-7-5-4-6-8-12)20-25(22,23)16-10-13(19)9-14(18)17(16)24-3/h4-10,15,20H,11H2,1-3H3/t15-/m0/s1. The van der Waals surface area contributed by atoms with Crippen molar-refractivity contribution in [3.8, 4) is 5.75 Å². The maximum absolute atomic E-state index is 13.0. The molecule has 0 saturated heterocycles. The molecule has 0 radical (unpaired) electrons. The van der Waals surface area contributed by atoms with Crippen molar-refractivity contribution < 1.29 is 13.2 Å². The molecule has 0 spiro atoms. The Morgan fingerprint density at radius 1 is 1.24 bits per heavy atom. The van der Waals surface area contributed by atoms with Gasteiger partial charge < -0.3 is 9.64 Å². The Bertz CT molecular complexity index is 829. The third kappa shape index (κ3) is 5.18. The summed E-state index contributed by atoms with van der Waals surface area (Å²) in [5.74, 6) is 0.216. The average Bonchev–Trinajstić information content (AvgIpc) is 2.54. The highest BCUT2D eigenvalue weighted by atomic mass is 79.9. The molecule has 0 heterocycles. The number of ether oxygens (including phenoxy) is 1. The number of halogens is 2. The molecule has 1 N–H and O–H groups in total. The lowest BCUT2D eigenvalue weighted by atomic mass is 10.1. The van der Waals surface area contributed by atoms with Crippen LogP contribution in [0.15, 0.2) is 51.8 Å². The molecular formula is C17H20BrClN2O3S. The van der Waals surface area contributed by atoms with Gasteiger partial charge in [0.15, 0.2) is 5.75 Å². The van der Waals surface area contributed by atoms with E-state index in [4.69, 9.17) is 16.3 Å². The van der Waals surface area contributed by atoms with Crippen molar-refractivity contribution in [2.45, 2.75) is 10.9 Å². The summed E-state index contributed by atoms with van der Waals surface area (Å²) >= 11 is 9.33. The van der Waals surface area contributed by atoms with E-state index in [1.54, 1.807) is 6.07 Å². The predicted octanol–water partition coefficient (Wildman–Crippen LogP) is 3.69. The molecule has 0 saturated carbocycles. The molecule has 2 aromatic rings. The summed E-state index contributed by atoms with van der Waals surface area (Å²) in [4.78, 5) is 1.92. The largest absolute Gasteiger partial charge is 0.494 e. The van der Waals surface area contributed by atoms with Crippen molar-refractivity contribution in [1.82, 2.24) is 9.62 Å². The maximum Gasteiger partial charge on any atom is 0.244 e. The molecule has 0 aliphatic carbocycles. The van der Waals surface area contributed by atoms with Crippen molar-refractivity contribution in [3.05, 3.63) is 57.5 Å². The topological polar surface area (TPSA) is 58.6 Å². The first-order valence-corrected chi connectivity index (χ1v) is 10.1. The molecule has 2 aromatic carbocycles. The fourth-order valence-corrected chi connectivity index (χ4v) is 5.05. The Hall–Kier alpha value is -1.12. The molecule has 2 rings (SSSR count). The van der Waals surface area contributed by atoms with Gasteiger partial charge in [-0.15, -0.1) is 0 Å². The number of rotatable bonds is 7. The first kappa shape index (κ1) is 20.2. The SMILES string of the molecule is COc1c(Br)cc(Cl)cc1S(=O)(=O)N[C@@H](CN(C)C)c1ccccc1.